The molecule has 0 aliphatic heterocycles. The van der Waals surface area contributed by atoms with Gasteiger partial charge < -0.3 is 10.1 Å². The first kappa shape index (κ1) is 14.5. The first-order chi connectivity index (χ1) is 9.56. The molecule has 20 heavy (non-hydrogen) atoms. The van der Waals surface area contributed by atoms with Gasteiger partial charge in [0.1, 0.15) is 0 Å². The lowest BCUT2D eigenvalue weighted by Gasteiger charge is -2.13. The van der Waals surface area contributed by atoms with Crippen molar-refractivity contribution >= 4 is 0 Å². The second-order valence-corrected chi connectivity index (χ2v) is 5.15. The van der Waals surface area contributed by atoms with Gasteiger partial charge in [-0.1, -0.05) is 6.07 Å². The summed E-state index contributed by atoms with van der Waals surface area (Å²) in [5, 5.41) is 7.75. The van der Waals surface area contributed by atoms with Gasteiger partial charge >= 0.3 is 0 Å². The molecule has 0 radical (unpaired) electrons. The van der Waals surface area contributed by atoms with E-state index < -0.39 is 0 Å². The van der Waals surface area contributed by atoms with Crippen LogP contribution in [0.1, 0.15) is 30.7 Å². The lowest BCUT2D eigenvalue weighted by molar-refractivity contribution is 0.229. The summed E-state index contributed by atoms with van der Waals surface area (Å²) in [4.78, 5) is 4.29. The number of aromatic nitrogens is 3. The summed E-state index contributed by atoms with van der Waals surface area (Å²) in [6.07, 6.45) is 3.92. The van der Waals surface area contributed by atoms with E-state index in [4.69, 9.17) is 4.74 Å². The van der Waals surface area contributed by atoms with Crippen LogP contribution < -0.4 is 10.1 Å². The van der Waals surface area contributed by atoms with E-state index in [0.717, 1.165) is 24.3 Å². The fourth-order valence-electron chi connectivity index (χ4n) is 2.04. The molecule has 2 heterocycles. The summed E-state index contributed by atoms with van der Waals surface area (Å²) < 4.78 is 7.55. The highest BCUT2D eigenvalue weighted by molar-refractivity contribution is 5.25. The van der Waals surface area contributed by atoms with E-state index in [9.17, 15) is 0 Å². The Labute approximate surface area is 120 Å². The van der Waals surface area contributed by atoms with Gasteiger partial charge in [0, 0.05) is 43.7 Å². The summed E-state index contributed by atoms with van der Waals surface area (Å²) in [6, 6.07) is 3.97. The summed E-state index contributed by atoms with van der Waals surface area (Å²) in [5.41, 5.74) is 3.34. The average Bonchev–Trinajstić information content (AvgIpc) is 2.69. The zero-order chi connectivity index (χ0) is 14.5. The van der Waals surface area contributed by atoms with Gasteiger partial charge in [-0.3, -0.25) is 4.68 Å². The summed E-state index contributed by atoms with van der Waals surface area (Å²) in [6.45, 7) is 7.55. The first-order valence-corrected chi connectivity index (χ1v) is 6.86. The first-order valence-electron chi connectivity index (χ1n) is 6.86. The molecule has 0 spiro atoms. The second-order valence-electron chi connectivity index (χ2n) is 5.15. The highest BCUT2D eigenvalue weighted by atomic mass is 16.5. The molecular weight excluding hydrogens is 252 g/mol. The van der Waals surface area contributed by atoms with E-state index in [-0.39, 0.29) is 6.10 Å². The quantitative estimate of drug-likeness (QED) is 0.877. The van der Waals surface area contributed by atoms with Crippen LogP contribution in [-0.4, -0.2) is 20.9 Å². The molecule has 0 fully saturated rings. The summed E-state index contributed by atoms with van der Waals surface area (Å²) >= 11 is 0. The zero-order valence-corrected chi connectivity index (χ0v) is 12.6. The van der Waals surface area contributed by atoms with Gasteiger partial charge in [-0.15, -0.1) is 0 Å². The molecule has 0 aliphatic rings. The molecule has 0 unspecified atom stereocenters. The fourth-order valence-corrected chi connectivity index (χ4v) is 2.04. The molecule has 1 N–H and O–H groups in total. The maximum absolute atomic E-state index is 5.71. The molecule has 0 saturated heterocycles. The van der Waals surface area contributed by atoms with Crippen molar-refractivity contribution in [2.75, 3.05) is 0 Å². The van der Waals surface area contributed by atoms with E-state index in [2.05, 4.69) is 15.4 Å². The molecule has 0 aromatic carbocycles. The highest BCUT2D eigenvalue weighted by Gasteiger charge is 2.07. The number of aryl methyl sites for hydroxylation is 2. The molecule has 2 rings (SSSR count). The molecule has 0 bridgehead atoms. The lowest BCUT2D eigenvalue weighted by atomic mass is 10.2. The van der Waals surface area contributed by atoms with Crippen LogP contribution in [0.15, 0.2) is 24.5 Å². The van der Waals surface area contributed by atoms with Crippen molar-refractivity contribution in [3.63, 3.8) is 0 Å². The molecule has 2 aromatic heterocycles. The minimum absolute atomic E-state index is 0.129. The third-order valence-electron chi connectivity index (χ3n) is 2.94. The van der Waals surface area contributed by atoms with Gasteiger partial charge in [0.2, 0.25) is 5.88 Å². The van der Waals surface area contributed by atoms with Crippen LogP contribution in [-0.2, 0) is 20.1 Å². The Bertz CT molecular complexity index is 563. The van der Waals surface area contributed by atoms with Crippen LogP contribution in [0.4, 0.5) is 0 Å². The van der Waals surface area contributed by atoms with Gasteiger partial charge in [-0.25, -0.2) is 4.98 Å². The standard InChI is InChI=1S/C15H22N4O/c1-11(2)20-15-13(6-5-7-17-15)8-16-9-14-10-19(4)18-12(14)3/h5-7,10-11,16H,8-9H2,1-4H3. The van der Waals surface area contributed by atoms with Crippen LogP contribution in [0.5, 0.6) is 5.88 Å². The minimum atomic E-state index is 0.129. The summed E-state index contributed by atoms with van der Waals surface area (Å²) in [7, 11) is 1.94. The molecule has 2 aromatic rings. The molecular formula is C15H22N4O. The summed E-state index contributed by atoms with van der Waals surface area (Å²) in [5.74, 6) is 0.706. The maximum atomic E-state index is 5.71. The van der Waals surface area contributed by atoms with Gasteiger partial charge in [0.15, 0.2) is 0 Å². The minimum Gasteiger partial charge on any atom is -0.475 e. The number of hydrogen-bond acceptors (Lipinski definition) is 4. The van der Waals surface area contributed by atoms with E-state index in [1.54, 1.807) is 6.20 Å². The van der Waals surface area contributed by atoms with Crippen LogP contribution >= 0.6 is 0 Å². The Kier molecular flexibility index (Phi) is 4.74. The smallest absolute Gasteiger partial charge is 0.218 e. The van der Waals surface area contributed by atoms with E-state index >= 15 is 0 Å². The van der Waals surface area contributed by atoms with E-state index in [1.165, 1.54) is 5.56 Å². The van der Waals surface area contributed by atoms with Gasteiger partial charge in [-0.2, -0.15) is 5.10 Å². The van der Waals surface area contributed by atoms with E-state index in [1.807, 2.05) is 50.8 Å². The molecule has 5 nitrogen and oxygen atoms in total. The predicted molar refractivity (Wildman–Crippen MR) is 78.5 cm³/mol. The highest BCUT2D eigenvalue weighted by Crippen LogP contribution is 2.16. The normalized spacial score (nSPS) is 11.1. The average molecular weight is 274 g/mol. The van der Waals surface area contributed by atoms with E-state index in [0.29, 0.717) is 5.88 Å². The Morgan fingerprint density at radius 3 is 2.70 bits per heavy atom. The maximum Gasteiger partial charge on any atom is 0.218 e. The SMILES string of the molecule is Cc1nn(C)cc1CNCc1cccnc1OC(C)C. The largest absolute Gasteiger partial charge is 0.475 e. The van der Waals surface area contributed by atoms with Gasteiger partial charge in [0.05, 0.1) is 11.8 Å². The lowest BCUT2D eigenvalue weighted by Crippen LogP contribution is -2.16. The van der Waals surface area contributed by atoms with Gasteiger partial charge in [0.25, 0.3) is 0 Å². The van der Waals surface area contributed by atoms with Crippen LogP contribution in [0.3, 0.4) is 0 Å². The molecule has 0 atom stereocenters. The topological polar surface area (TPSA) is 52.0 Å². The van der Waals surface area contributed by atoms with Crippen LogP contribution in [0.2, 0.25) is 0 Å². The van der Waals surface area contributed by atoms with Crippen molar-refractivity contribution in [1.82, 2.24) is 20.1 Å². The number of ether oxygens (including phenoxy) is 1. The van der Waals surface area contributed by atoms with Crippen LogP contribution in [0, 0.1) is 6.92 Å². The van der Waals surface area contributed by atoms with Crippen molar-refractivity contribution in [2.45, 2.75) is 40.0 Å². The molecule has 0 saturated carbocycles. The van der Waals surface area contributed by atoms with Crippen LogP contribution in [0.25, 0.3) is 0 Å². The van der Waals surface area contributed by atoms with Crippen molar-refractivity contribution in [3.05, 3.63) is 41.3 Å². The van der Waals surface area contributed by atoms with Crippen molar-refractivity contribution in [2.24, 2.45) is 7.05 Å². The van der Waals surface area contributed by atoms with Crippen molar-refractivity contribution < 1.29 is 4.74 Å². The Morgan fingerprint density at radius 2 is 2.05 bits per heavy atom. The third kappa shape index (κ3) is 3.81. The number of hydrogen-bond donors (Lipinski definition) is 1. The number of pyridine rings is 1. The predicted octanol–water partition coefficient (Wildman–Crippen LogP) is 2.20. The molecule has 0 amide bonds. The Morgan fingerprint density at radius 1 is 1.30 bits per heavy atom. The monoisotopic (exact) mass is 274 g/mol. The number of nitrogens with one attached hydrogen (secondary N) is 1. The number of nitrogens with zero attached hydrogens (tertiary/aromatic N) is 3. The third-order valence-corrected chi connectivity index (χ3v) is 2.94. The molecule has 0 aliphatic carbocycles. The zero-order valence-electron chi connectivity index (χ0n) is 12.6. The van der Waals surface area contributed by atoms with Crippen molar-refractivity contribution in [3.8, 4) is 5.88 Å². The Hall–Kier alpha value is -1.88. The Balaban J connectivity index is 1.95. The molecule has 5 heteroatoms. The molecule has 108 valence electrons. The fraction of sp³-hybridized carbons (Fsp3) is 0.467. The van der Waals surface area contributed by atoms with Crippen molar-refractivity contribution in [1.29, 1.82) is 0 Å². The second kappa shape index (κ2) is 6.52. The van der Waals surface area contributed by atoms with Gasteiger partial charge in [-0.05, 0) is 26.8 Å². The number of rotatable bonds is 6.